The van der Waals surface area contributed by atoms with Crippen LogP contribution in [-0.2, 0) is 6.54 Å². The average Bonchev–Trinajstić information content (AvgIpc) is 2.38. The minimum absolute atomic E-state index is 0.173. The molecular formula is C12H12ClN3O2. The summed E-state index contributed by atoms with van der Waals surface area (Å²) in [6.07, 6.45) is 1.33. The summed E-state index contributed by atoms with van der Waals surface area (Å²) in [5.41, 5.74) is 0.717. The third kappa shape index (κ3) is 2.81. The molecular weight excluding hydrogens is 254 g/mol. The number of hydrogen-bond acceptors (Lipinski definition) is 4. The van der Waals surface area contributed by atoms with E-state index in [-0.39, 0.29) is 11.3 Å². The van der Waals surface area contributed by atoms with Crippen LogP contribution >= 0.6 is 11.6 Å². The van der Waals surface area contributed by atoms with E-state index in [0.717, 1.165) is 5.56 Å². The van der Waals surface area contributed by atoms with E-state index < -0.39 is 0 Å². The fraction of sp³-hybridized carbons (Fsp3) is 0.167. The van der Waals surface area contributed by atoms with Crippen LogP contribution in [0.3, 0.4) is 0 Å². The number of halogens is 1. The van der Waals surface area contributed by atoms with Crippen LogP contribution in [0.2, 0.25) is 5.02 Å². The maximum Gasteiger partial charge on any atom is 0.295 e. The molecule has 0 aliphatic carbocycles. The van der Waals surface area contributed by atoms with E-state index in [1.165, 1.54) is 13.4 Å². The first-order valence-corrected chi connectivity index (χ1v) is 5.68. The molecule has 0 bridgehead atoms. The van der Waals surface area contributed by atoms with Crippen LogP contribution in [-0.4, -0.2) is 17.1 Å². The number of rotatable bonds is 4. The van der Waals surface area contributed by atoms with E-state index >= 15 is 0 Å². The van der Waals surface area contributed by atoms with Crippen molar-refractivity contribution in [2.75, 3.05) is 12.4 Å². The average molecular weight is 266 g/mol. The zero-order chi connectivity index (χ0) is 13.0. The first-order chi connectivity index (χ1) is 8.70. The fourth-order valence-electron chi connectivity index (χ4n) is 1.49. The Labute approximate surface area is 109 Å². The number of aromatic amines is 1. The minimum Gasteiger partial charge on any atom is -0.489 e. The van der Waals surface area contributed by atoms with Gasteiger partial charge in [0.2, 0.25) is 5.75 Å². The molecule has 1 heterocycles. The molecule has 0 unspecified atom stereocenters. The van der Waals surface area contributed by atoms with Crippen molar-refractivity contribution >= 4 is 17.4 Å². The zero-order valence-electron chi connectivity index (χ0n) is 9.74. The standard InChI is InChI=1S/C12H12ClN3O2/c1-18-10-11(15-7-16-12(10)17)14-6-8-2-4-9(13)5-3-8/h2-5,7H,6H2,1H3,(H2,14,15,16,17). The molecule has 1 aromatic heterocycles. The number of ether oxygens (including phenoxy) is 1. The summed E-state index contributed by atoms with van der Waals surface area (Å²) in [5, 5.41) is 3.73. The Kier molecular flexibility index (Phi) is 3.84. The fourth-order valence-corrected chi connectivity index (χ4v) is 1.62. The van der Waals surface area contributed by atoms with Crippen molar-refractivity contribution in [3.05, 3.63) is 51.5 Å². The second-order valence-corrected chi connectivity index (χ2v) is 4.03. The second kappa shape index (κ2) is 5.55. The van der Waals surface area contributed by atoms with Crippen molar-refractivity contribution in [1.82, 2.24) is 9.97 Å². The predicted octanol–water partition coefficient (Wildman–Crippen LogP) is 2.04. The first kappa shape index (κ1) is 12.4. The number of methoxy groups -OCH3 is 1. The Morgan fingerprint density at radius 2 is 2.11 bits per heavy atom. The molecule has 2 aromatic rings. The van der Waals surface area contributed by atoms with Crippen molar-refractivity contribution in [2.24, 2.45) is 0 Å². The van der Waals surface area contributed by atoms with Gasteiger partial charge in [-0.15, -0.1) is 0 Å². The topological polar surface area (TPSA) is 67.0 Å². The number of benzene rings is 1. The van der Waals surface area contributed by atoms with Crippen molar-refractivity contribution in [1.29, 1.82) is 0 Å². The Hall–Kier alpha value is -2.01. The van der Waals surface area contributed by atoms with Gasteiger partial charge < -0.3 is 15.0 Å². The third-order valence-corrected chi connectivity index (χ3v) is 2.64. The summed E-state index contributed by atoms with van der Waals surface area (Å²) in [6.45, 7) is 0.532. The number of nitrogens with zero attached hydrogens (tertiary/aromatic N) is 1. The summed E-state index contributed by atoms with van der Waals surface area (Å²) >= 11 is 5.80. The molecule has 0 spiro atoms. The second-order valence-electron chi connectivity index (χ2n) is 3.59. The van der Waals surface area contributed by atoms with E-state index in [2.05, 4.69) is 15.3 Å². The SMILES string of the molecule is COc1c(NCc2ccc(Cl)cc2)nc[nH]c1=O. The summed E-state index contributed by atoms with van der Waals surface area (Å²) < 4.78 is 4.99. The van der Waals surface area contributed by atoms with E-state index in [9.17, 15) is 4.79 Å². The van der Waals surface area contributed by atoms with Crippen LogP contribution in [0.5, 0.6) is 5.75 Å². The van der Waals surface area contributed by atoms with Gasteiger partial charge in [0.15, 0.2) is 5.82 Å². The van der Waals surface area contributed by atoms with Gasteiger partial charge in [-0.2, -0.15) is 0 Å². The smallest absolute Gasteiger partial charge is 0.295 e. The normalized spacial score (nSPS) is 10.1. The van der Waals surface area contributed by atoms with Gasteiger partial charge in [0, 0.05) is 11.6 Å². The maximum absolute atomic E-state index is 11.4. The van der Waals surface area contributed by atoms with Crippen LogP contribution in [0.25, 0.3) is 0 Å². The van der Waals surface area contributed by atoms with Crippen molar-refractivity contribution < 1.29 is 4.74 Å². The lowest BCUT2D eigenvalue weighted by molar-refractivity contribution is 0.408. The molecule has 0 radical (unpaired) electrons. The van der Waals surface area contributed by atoms with E-state index in [4.69, 9.17) is 16.3 Å². The third-order valence-electron chi connectivity index (χ3n) is 2.39. The minimum atomic E-state index is -0.314. The molecule has 18 heavy (non-hydrogen) atoms. The summed E-state index contributed by atoms with van der Waals surface area (Å²) in [4.78, 5) is 17.9. The molecule has 0 fully saturated rings. The molecule has 2 rings (SSSR count). The number of hydrogen-bond donors (Lipinski definition) is 2. The summed E-state index contributed by atoms with van der Waals surface area (Å²) in [6, 6.07) is 7.41. The zero-order valence-corrected chi connectivity index (χ0v) is 10.5. The number of anilines is 1. The number of nitrogens with one attached hydrogen (secondary N) is 2. The highest BCUT2D eigenvalue weighted by molar-refractivity contribution is 6.30. The van der Waals surface area contributed by atoms with Gasteiger partial charge >= 0.3 is 0 Å². The molecule has 2 N–H and O–H groups in total. The molecule has 0 aliphatic rings. The Balaban J connectivity index is 2.13. The highest BCUT2D eigenvalue weighted by Crippen LogP contribution is 2.16. The molecule has 0 atom stereocenters. The molecule has 0 aliphatic heterocycles. The highest BCUT2D eigenvalue weighted by Gasteiger charge is 2.07. The molecule has 6 heteroatoms. The Bertz CT molecular complexity index is 581. The highest BCUT2D eigenvalue weighted by atomic mass is 35.5. The van der Waals surface area contributed by atoms with E-state index in [0.29, 0.717) is 17.4 Å². The van der Waals surface area contributed by atoms with Crippen LogP contribution in [0.1, 0.15) is 5.56 Å². The molecule has 0 saturated heterocycles. The monoisotopic (exact) mass is 265 g/mol. The van der Waals surface area contributed by atoms with Crippen LogP contribution < -0.4 is 15.6 Å². The summed E-state index contributed by atoms with van der Waals surface area (Å²) in [5.74, 6) is 0.586. The lowest BCUT2D eigenvalue weighted by atomic mass is 10.2. The number of aromatic nitrogens is 2. The largest absolute Gasteiger partial charge is 0.489 e. The Morgan fingerprint density at radius 1 is 1.39 bits per heavy atom. The molecule has 1 aromatic carbocycles. The maximum atomic E-state index is 11.4. The van der Waals surface area contributed by atoms with Gasteiger partial charge in [0.05, 0.1) is 13.4 Å². The predicted molar refractivity (Wildman–Crippen MR) is 70.2 cm³/mol. The van der Waals surface area contributed by atoms with Gasteiger partial charge in [0.1, 0.15) is 0 Å². The van der Waals surface area contributed by atoms with Gasteiger partial charge in [-0.3, -0.25) is 4.79 Å². The summed E-state index contributed by atoms with van der Waals surface area (Å²) in [7, 11) is 1.43. The quantitative estimate of drug-likeness (QED) is 0.888. The van der Waals surface area contributed by atoms with Crippen LogP contribution in [0, 0.1) is 0 Å². The van der Waals surface area contributed by atoms with Crippen LogP contribution in [0.15, 0.2) is 35.4 Å². The number of H-pyrrole nitrogens is 1. The molecule has 0 amide bonds. The van der Waals surface area contributed by atoms with E-state index in [1.54, 1.807) is 12.1 Å². The van der Waals surface area contributed by atoms with Crippen molar-refractivity contribution in [3.63, 3.8) is 0 Å². The van der Waals surface area contributed by atoms with Gasteiger partial charge in [0.25, 0.3) is 5.56 Å². The van der Waals surface area contributed by atoms with Crippen molar-refractivity contribution in [2.45, 2.75) is 6.54 Å². The van der Waals surface area contributed by atoms with Crippen LogP contribution in [0.4, 0.5) is 5.82 Å². The Morgan fingerprint density at radius 3 is 2.78 bits per heavy atom. The molecule has 0 saturated carbocycles. The van der Waals surface area contributed by atoms with Gasteiger partial charge in [-0.25, -0.2) is 4.98 Å². The lowest BCUT2D eigenvalue weighted by Gasteiger charge is -2.08. The van der Waals surface area contributed by atoms with Gasteiger partial charge in [-0.05, 0) is 17.7 Å². The lowest BCUT2D eigenvalue weighted by Crippen LogP contribution is -2.13. The molecule has 5 nitrogen and oxygen atoms in total. The first-order valence-electron chi connectivity index (χ1n) is 5.30. The molecule has 94 valence electrons. The van der Waals surface area contributed by atoms with Gasteiger partial charge in [-0.1, -0.05) is 23.7 Å². The van der Waals surface area contributed by atoms with E-state index in [1.807, 2.05) is 12.1 Å². The van der Waals surface area contributed by atoms with Crippen molar-refractivity contribution in [3.8, 4) is 5.75 Å².